The first-order valence-electron chi connectivity index (χ1n) is 5.81. The van der Waals surface area contributed by atoms with Crippen molar-refractivity contribution in [3.8, 4) is 5.75 Å². The van der Waals surface area contributed by atoms with E-state index in [1.807, 2.05) is 13.8 Å². The molecule has 0 saturated carbocycles. The molecule has 17 heavy (non-hydrogen) atoms. The van der Waals surface area contributed by atoms with Gasteiger partial charge >= 0.3 is 0 Å². The van der Waals surface area contributed by atoms with Gasteiger partial charge in [-0.15, -0.1) is 0 Å². The van der Waals surface area contributed by atoms with Crippen LogP contribution in [0.25, 0.3) is 0 Å². The average Bonchev–Trinajstić information content (AvgIpc) is 2.75. The largest absolute Gasteiger partial charge is 0.493 e. The molecular weight excluding hydrogens is 238 g/mol. The van der Waals surface area contributed by atoms with Crippen molar-refractivity contribution >= 4 is 10.0 Å². The van der Waals surface area contributed by atoms with Gasteiger partial charge in [0.2, 0.25) is 10.0 Å². The molecule has 1 aliphatic rings. The number of hydrogen-bond donors (Lipinski definition) is 1. The maximum atomic E-state index is 12.0. The molecule has 1 aromatic carbocycles. The minimum atomic E-state index is -3.40. The van der Waals surface area contributed by atoms with Crippen molar-refractivity contribution in [3.63, 3.8) is 0 Å². The Balaban J connectivity index is 2.28. The van der Waals surface area contributed by atoms with Crippen LogP contribution >= 0.6 is 0 Å². The molecule has 94 valence electrons. The zero-order chi connectivity index (χ0) is 12.5. The van der Waals surface area contributed by atoms with E-state index in [1.54, 1.807) is 18.2 Å². The van der Waals surface area contributed by atoms with E-state index in [0.717, 1.165) is 24.2 Å². The van der Waals surface area contributed by atoms with E-state index in [1.165, 1.54) is 0 Å². The summed E-state index contributed by atoms with van der Waals surface area (Å²) >= 11 is 0. The Morgan fingerprint density at radius 3 is 2.94 bits per heavy atom. The first-order valence-corrected chi connectivity index (χ1v) is 7.29. The predicted molar refractivity (Wildman–Crippen MR) is 65.7 cm³/mol. The molecule has 1 aliphatic heterocycles. The molecule has 0 fully saturated rings. The summed E-state index contributed by atoms with van der Waals surface area (Å²) in [5, 5.41) is 0. The van der Waals surface area contributed by atoms with Crippen LogP contribution in [0.15, 0.2) is 23.1 Å². The maximum absolute atomic E-state index is 12.0. The lowest BCUT2D eigenvalue weighted by atomic mass is 10.2. The van der Waals surface area contributed by atoms with Crippen LogP contribution in [-0.4, -0.2) is 21.1 Å². The zero-order valence-electron chi connectivity index (χ0n) is 10.1. The van der Waals surface area contributed by atoms with Gasteiger partial charge in [0.15, 0.2) is 0 Å². The standard InChI is InChI=1S/C12H17NO3S/c1-3-9(2)13-17(14,15)11-4-5-12-10(8-11)6-7-16-12/h4-5,8-9,13H,3,6-7H2,1-2H3. The van der Waals surface area contributed by atoms with E-state index in [-0.39, 0.29) is 6.04 Å². The minimum Gasteiger partial charge on any atom is -0.493 e. The fraction of sp³-hybridized carbons (Fsp3) is 0.500. The minimum absolute atomic E-state index is 0.0514. The van der Waals surface area contributed by atoms with E-state index >= 15 is 0 Å². The highest BCUT2D eigenvalue weighted by Gasteiger charge is 2.20. The molecule has 0 aromatic heterocycles. The summed E-state index contributed by atoms with van der Waals surface area (Å²) in [5.41, 5.74) is 0.969. The maximum Gasteiger partial charge on any atom is 0.240 e. The third-order valence-corrected chi connectivity index (χ3v) is 4.53. The smallest absolute Gasteiger partial charge is 0.240 e. The molecule has 0 saturated heterocycles. The Morgan fingerprint density at radius 1 is 1.47 bits per heavy atom. The van der Waals surface area contributed by atoms with Gasteiger partial charge in [-0.3, -0.25) is 0 Å². The predicted octanol–water partition coefficient (Wildman–Crippen LogP) is 1.70. The first kappa shape index (κ1) is 12.4. The number of sulfonamides is 1. The number of rotatable bonds is 4. The van der Waals surface area contributed by atoms with Crippen LogP contribution in [-0.2, 0) is 16.4 Å². The number of nitrogens with one attached hydrogen (secondary N) is 1. The second kappa shape index (κ2) is 4.66. The highest BCUT2D eigenvalue weighted by Crippen LogP contribution is 2.27. The van der Waals surface area contributed by atoms with Gasteiger partial charge in [-0.2, -0.15) is 0 Å². The molecule has 1 aromatic rings. The molecular formula is C12H17NO3S. The van der Waals surface area contributed by atoms with E-state index in [2.05, 4.69) is 4.72 Å². The molecule has 0 amide bonds. The van der Waals surface area contributed by atoms with Crippen molar-refractivity contribution in [1.82, 2.24) is 4.72 Å². The Labute approximate surface area is 102 Å². The quantitative estimate of drug-likeness (QED) is 0.891. The molecule has 0 spiro atoms. The van der Waals surface area contributed by atoms with Crippen LogP contribution in [0, 0.1) is 0 Å². The molecule has 0 aliphatic carbocycles. The zero-order valence-corrected chi connectivity index (χ0v) is 10.9. The number of hydrogen-bond acceptors (Lipinski definition) is 3. The van der Waals surface area contributed by atoms with E-state index in [0.29, 0.717) is 11.5 Å². The molecule has 2 rings (SSSR count). The molecule has 0 radical (unpaired) electrons. The molecule has 0 bridgehead atoms. The summed E-state index contributed by atoms with van der Waals surface area (Å²) in [6.07, 6.45) is 1.55. The summed E-state index contributed by atoms with van der Waals surface area (Å²) < 4.78 is 32.1. The van der Waals surface area contributed by atoms with Crippen molar-refractivity contribution in [1.29, 1.82) is 0 Å². The number of ether oxygens (including phenoxy) is 1. The second-order valence-corrected chi connectivity index (χ2v) is 6.01. The van der Waals surface area contributed by atoms with Crippen molar-refractivity contribution in [2.24, 2.45) is 0 Å². The van der Waals surface area contributed by atoms with Gasteiger partial charge in [-0.25, -0.2) is 13.1 Å². The number of benzene rings is 1. The molecule has 5 heteroatoms. The topological polar surface area (TPSA) is 55.4 Å². The highest BCUT2D eigenvalue weighted by molar-refractivity contribution is 7.89. The van der Waals surface area contributed by atoms with Gasteiger partial charge in [0.05, 0.1) is 11.5 Å². The van der Waals surface area contributed by atoms with Gasteiger partial charge in [-0.1, -0.05) is 6.92 Å². The van der Waals surface area contributed by atoms with Crippen LogP contribution in [0.3, 0.4) is 0 Å². The normalized spacial score (nSPS) is 16.4. The molecule has 1 unspecified atom stereocenters. The van der Waals surface area contributed by atoms with Crippen LogP contribution in [0.5, 0.6) is 5.75 Å². The van der Waals surface area contributed by atoms with Gasteiger partial charge in [0, 0.05) is 12.5 Å². The fourth-order valence-electron chi connectivity index (χ4n) is 1.75. The van der Waals surface area contributed by atoms with Crippen molar-refractivity contribution < 1.29 is 13.2 Å². The van der Waals surface area contributed by atoms with Crippen molar-refractivity contribution in [2.75, 3.05) is 6.61 Å². The van der Waals surface area contributed by atoms with Crippen LogP contribution in [0.2, 0.25) is 0 Å². The van der Waals surface area contributed by atoms with Crippen LogP contribution < -0.4 is 9.46 Å². The van der Waals surface area contributed by atoms with E-state index < -0.39 is 10.0 Å². The summed E-state index contributed by atoms with van der Waals surface area (Å²) in [6.45, 7) is 4.44. The molecule has 1 atom stereocenters. The highest BCUT2D eigenvalue weighted by atomic mass is 32.2. The second-order valence-electron chi connectivity index (χ2n) is 4.30. The third kappa shape index (κ3) is 2.61. The summed E-state index contributed by atoms with van der Waals surface area (Å²) in [6, 6.07) is 4.97. The Morgan fingerprint density at radius 2 is 2.24 bits per heavy atom. The monoisotopic (exact) mass is 255 g/mol. The Bertz CT molecular complexity index is 510. The van der Waals surface area contributed by atoms with Gasteiger partial charge in [0.1, 0.15) is 5.75 Å². The average molecular weight is 255 g/mol. The Kier molecular flexibility index (Phi) is 3.40. The summed E-state index contributed by atoms with van der Waals surface area (Å²) in [4.78, 5) is 0.321. The molecule has 1 N–H and O–H groups in total. The summed E-state index contributed by atoms with van der Waals surface area (Å²) in [7, 11) is -3.40. The fourth-order valence-corrected chi connectivity index (χ4v) is 3.12. The van der Waals surface area contributed by atoms with Crippen molar-refractivity contribution in [3.05, 3.63) is 23.8 Å². The Hall–Kier alpha value is -1.07. The van der Waals surface area contributed by atoms with Crippen molar-refractivity contribution in [2.45, 2.75) is 37.6 Å². The lowest BCUT2D eigenvalue weighted by Crippen LogP contribution is -2.32. The lowest BCUT2D eigenvalue weighted by molar-refractivity contribution is 0.356. The first-order chi connectivity index (χ1) is 8.03. The van der Waals surface area contributed by atoms with Crippen LogP contribution in [0.4, 0.5) is 0 Å². The number of fused-ring (bicyclic) bond motifs is 1. The molecule has 4 nitrogen and oxygen atoms in total. The van der Waals surface area contributed by atoms with Crippen LogP contribution in [0.1, 0.15) is 25.8 Å². The van der Waals surface area contributed by atoms with Gasteiger partial charge in [-0.05, 0) is 37.1 Å². The van der Waals surface area contributed by atoms with E-state index in [9.17, 15) is 8.42 Å². The van der Waals surface area contributed by atoms with Gasteiger partial charge < -0.3 is 4.74 Å². The SMILES string of the molecule is CCC(C)NS(=O)(=O)c1ccc2c(c1)CCO2. The molecule has 1 heterocycles. The summed E-state index contributed by atoms with van der Waals surface area (Å²) in [5.74, 6) is 0.799. The lowest BCUT2D eigenvalue weighted by Gasteiger charge is -2.12. The van der Waals surface area contributed by atoms with E-state index in [4.69, 9.17) is 4.74 Å². The van der Waals surface area contributed by atoms with Gasteiger partial charge in [0.25, 0.3) is 0 Å². The third-order valence-electron chi connectivity index (χ3n) is 2.94.